The molecule has 0 spiro atoms. The number of ether oxygens (including phenoxy) is 2. The summed E-state index contributed by atoms with van der Waals surface area (Å²) in [5, 5.41) is 9.86. The van der Waals surface area contributed by atoms with Gasteiger partial charge in [0.25, 0.3) is 0 Å². The topological polar surface area (TPSA) is 64.7 Å². The molecule has 1 aromatic carbocycles. The fourth-order valence-corrected chi connectivity index (χ4v) is 1.29. The highest BCUT2D eigenvalue weighted by atomic mass is 35.5. The Morgan fingerprint density at radius 1 is 1.38 bits per heavy atom. The van der Waals surface area contributed by atoms with Crippen LogP contribution in [0.25, 0.3) is 0 Å². The van der Waals surface area contributed by atoms with Gasteiger partial charge in [-0.25, -0.2) is 0 Å². The van der Waals surface area contributed by atoms with Gasteiger partial charge in [0, 0.05) is 17.6 Å². The Morgan fingerprint density at radius 2 is 2.12 bits per heavy atom. The molecule has 0 saturated heterocycles. The number of rotatable bonds is 6. The lowest BCUT2D eigenvalue weighted by atomic mass is 10.3. The highest BCUT2D eigenvalue weighted by Gasteiger charge is 2.08. The second-order valence-electron chi connectivity index (χ2n) is 3.22. The lowest BCUT2D eigenvalue weighted by Gasteiger charge is -2.14. The predicted molar refractivity (Wildman–Crippen MR) is 63.2 cm³/mol. The normalized spacial score (nSPS) is 12.2. The molecule has 0 heterocycles. The molecule has 3 N–H and O–H groups in total. The predicted octanol–water partition coefficient (Wildman–Crippen LogP) is 1.44. The summed E-state index contributed by atoms with van der Waals surface area (Å²) in [5.41, 5.74) is 5.27. The molecule has 4 nitrogen and oxygen atoms in total. The molecule has 0 saturated carbocycles. The van der Waals surface area contributed by atoms with Crippen molar-refractivity contribution in [3.8, 4) is 11.5 Å². The van der Waals surface area contributed by atoms with E-state index in [9.17, 15) is 5.11 Å². The molecule has 0 aromatic heterocycles. The first-order valence-electron chi connectivity index (χ1n) is 5.10. The van der Waals surface area contributed by atoms with E-state index in [1.54, 1.807) is 18.2 Å². The van der Waals surface area contributed by atoms with Crippen LogP contribution in [-0.4, -0.2) is 31.0 Å². The maximum atomic E-state index is 9.28. The summed E-state index contributed by atoms with van der Waals surface area (Å²) in [5.74, 6) is 1.12. The van der Waals surface area contributed by atoms with Crippen molar-refractivity contribution in [1.82, 2.24) is 0 Å². The number of nitrogens with two attached hydrogens (primary N) is 1. The second kappa shape index (κ2) is 6.58. The minimum Gasteiger partial charge on any atom is -0.490 e. The molecule has 0 aliphatic rings. The third-order valence-electron chi connectivity index (χ3n) is 1.91. The van der Waals surface area contributed by atoms with Crippen LogP contribution in [-0.2, 0) is 0 Å². The van der Waals surface area contributed by atoms with Crippen LogP contribution in [0.2, 0.25) is 5.02 Å². The molecule has 0 aliphatic carbocycles. The van der Waals surface area contributed by atoms with Crippen LogP contribution in [0.5, 0.6) is 11.5 Å². The molecule has 0 radical (unpaired) electrons. The van der Waals surface area contributed by atoms with Crippen molar-refractivity contribution < 1.29 is 14.6 Å². The van der Waals surface area contributed by atoms with E-state index in [1.807, 2.05) is 6.92 Å². The van der Waals surface area contributed by atoms with Gasteiger partial charge < -0.3 is 20.3 Å². The minimum atomic E-state index is -0.676. The first-order chi connectivity index (χ1) is 7.67. The first kappa shape index (κ1) is 13.1. The number of halogens is 1. The smallest absolute Gasteiger partial charge is 0.162 e. The molecule has 0 fully saturated rings. The van der Waals surface area contributed by atoms with E-state index >= 15 is 0 Å². The van der Waals surface area contributed by atoms with E-state index in [2.05, 4.69) is 0 Å². The van der Waals surface area contributed by atoms with E-state index in [1.165, 1.54) is 0 Å². The van der Waals surface area contributed by atoms with Gasteiger partial charge in [0.2, 0.25) is 0 Å². The van der Waals surface area contributed by atoms with Gasteiger partial charge in [0.15, 0.2) is 11.5 Å². The monoisotopic (exact) mass is 245 g/mol. The number of aliphatic hydroxyl groups is 1. The van der Waals surface area contributed by atoms with Crippen molar-refractivity contribution in [2.24, 2.45) is 5.73 Å². The molecule has 5 heteroatoms. The zero-order valence-electron chi connectivity index (χ0n) is 9.15. The molecule has 1 unspecified atom stereocenters. The molecule has 1 aromatic rings. The average molecular weight is 246 g/mol. The van der Waals surface area contributed by atoms with Crippen LogP contribution in [0.3, 0.4) is 0 Å². The fraction of sp³-hybridized carbons (Fsp3) is 0.455. The van der Waals surface area contributed by atoms with Gasteiger partial charge in [-0.2, -0.15) is 0 Å². The van der Waals surface area contributed by atoms with Crippen LogP contribution in [0, 0.1) is 0 Å². The van der Waals surface area contributed by atoms with E-state index < -0.39 is 6.10 Å². The Balaban J connectivity index is 2.70. The third-order valence-corrected chi connectivity index (χ3v) is 2.14. The zero-order valence-corrected chi connectivity index (χ0v) is 9.91. The van der Waals surface area contributed by atoms with Gasteiger partial charge in [-0.15, -0.1) is 0 Å². The summed E-state index contributed by atoms with van der Waals surface area (Å²) in [6.45, 7) is 2.70. The van der Waals surface area contributed by atoms with Crippen LogP contribution in [0.1, 0.15) is 6.92 Å². The van der Waals surface area contributed by atoms with Gasteiger partial charge in [-0.1, -0.05) is 11.6 Å². The number of hydrogen-bond donors (Lipinski definition) is 2. The zero-order chi connectivity index (χ0) is 12.0. The van der Waals surface area contributed by atoms with Crippen LogP contribution in [0.4, 0.5) is 0 Å². The van der Waals surface area contributed by atoms with Crippen molar-refractivity contribution in [3.05, 3.63) is 23.2 Å². The standard InChI is InChI=1S/C11H16ClNO3/c1-2-15-11-5-8(12)3-4-10(11)16-7-9(14)6-13/h3-5,9,14H,2,6-7,13H2,1H3. The lowest BCUT2D eigenvalue weighted by Crippen LogP contribution is -2.26. The number of benzene rings is 1. The first-order valence-corrected chi connectivity index (χ1v) is 5.48. The third kappa shape index (κ3) is 3.89. The summed E-state index contributed by atoms with van der Waals surface area (Å²) in [6.07, 6.45) is -0.676. The highest BCUT2D eigenvalue weighted by Crippen LogP contribution is 2.30. The molecular weight excluding hydrogens is 230 g/mol. The van der Waals surface area contributed by atoms with Crippen LogP contribution in [0.15, 0.2) is 18.2 Å². The maximum Gasteiger partial charge on any atom is 0.162 e. The van der Waals surface area contributed by atoms with Crippen molar-refractivity contribution in [3.63, 3.8) is 0 Å². The van der Waals surface area contributed by atoms with Crippen molar-refractivity contribution in [2.45, 2.75) is 13.0 Å². The van der Waals surface area contributed by atoms with Gasteiger partial charge in [0.1, 0.15) is 12.7 Å². The molecule has 0 bridgehead atoms. The molecule has 0 aliphatic heterocycles. The molecule has 16 heavy (non-hydrogen) atoms. The molecule has 0 amide bonds. The van der Waals surface area contributed by atoms with Gasteiger partial charge >= 0.3 is 0 Å². The molecule has 90 valence electrons. The van der Waals surface area contributed by atoms with Gasteiger partial charge in [0.05, 0.1) is 6.61 Å². The summed E-state index contributed by atoms with van der Waals surface area (Å²) in [7, 11) is 0. The lowest BCUT2D eigenvalue weighted by molar-refractivity contribution is 0.112. The van der Waals surface area contributed by atoms with E-state index in [4.69, 9.17) is 26.8 Å². The Kier molecular flexibility index (Phi) is 5.38. The van der Waals surface area contributed by atoms with Gasteiger partial charge in [-0.05, 0) is 19.1 Å². The van der Waals surface area contributed by atoms with Crippen LogP contribution < -0.4 is 15.2 Å². The van der Waals surface area contributed by atoms with Crippen molar-refractivity contribution >= 4 is 11.6 Å². The fourth-order valence-electron chi connectivity index (χ4n) is 1.12. The molecule has 1 atom stereocenters. The Morgan fingerprint density at radius 3 is 2.75 bits per heavy atom. The SMILES string of the molecule is CCOc1cc(Cl)ccc1OCC(O)CN. The average Bonchev–Trinajstić information content (AvgIpc) is 2.28. The summed E-state index contributed by atoms with van der Waals surface area (Å²) in [6, 6.07) is 5.08. The van der Waals surface area contributed by atoms with E-state index in [-0.39, 0.29) is 13.2 Å². The maximum absolute atomic E-state index is 9.28. The molecule has 1 rings (SSSR count). The Hall–Kier alpha value is -0.970. The largest absolute Gasteiger partial charge is 0.490 e. The van der Waals surface area contributed by atoms with E-state index in [0.717, 1.165) is 0 Å². The van der Waals surface area contributed by atoms with Crippen molar-refractivity contribution in [1.29, 1.82) is 0 Å². The Bertz CT molecular complexity index is 333. The number of hydrogen-bond acceptors (Lipinski definition) is 4. The Labute approximate surface area is 99.9 Å². The summed E-state index contributed by atoms with van der Waals surface area (Å²) >= 11 is 5.84. The van der Waals surface area contributed by atoms with Crippen molar-refractivity contribution in [2.75, 3.05) is 19.8 Å². The second-order valence-corrected chi connectivity index (χ2v) is 3.66. The van der Waals surface area contributed by atoms with E-state index in [0.29, 0.717) is 23.1 Å². The summed E-state index contributed by atoms with van der Waals surface area (Å²) in [4.78, 5) is 0. The van der Waals surface area contributed by atoms with Gasteiger partial charge in [-0.3, -0.25) is 0 Å². The van der Waals surface area contributed by atoms with Crippen LogP contribution >= 0.6 is 11.6 Å². The minimum absolute atomic E-state index is 0.137. The quantitative estimate of drug-likeness (QED) is 0.796. The highest BCUT2D eigenvalue weighted by molar-refractivity contribution is 6.30. The summed E-state index contributed by atoms with van der Waals surface area (Å²) < 4.78 is 10.7. The number of aliphatic hydroxyl groups excluding tert-OH is 1. The molecular formula is C11H16ClNO3.